The molecule has 0 saturated carbocycles. The van der Waals surface area contributed by atoms with Gasteiger partial charge in [-0.1, -0.05) is 17.7 Å². The Morgan fingerprint density at radius 3 is 2.68 bits per heavy atom. The van der Waals surface area contributed by atoms with Crippen molar-refractivity contribution >= 4 is 17.3 Å². The zero-order valence-electron chi connectivity index (χ0n) is 16.7. The minimum atomic E-state index is -0.784. The number of methoxy groups -OCH3 is 2. The lowest BCUT2D eigenvalue weighted by Crippen LogP contribution is -2.33. The Labute approximate surface area is 181 Å². The van der Waals surface area contributed by atoms with Crippen LogP contribution in [0.2, 0.25) is 5.02 Å². The van der Waals surface area contributed by atoms with E-state index in [1.807, 2.05) is 6.07 Å². The summed E-state index contributed by atoms with van der Waals surface area (Å²) in [4.78, 5) is 27.2. The van der Waals surface area contributed by atoms with Gasteiger partial charge in [-0.25, -0.2) is 9.36 Å². The van der Waals surface area contributed by atoms with E-state index < -0.39 is 17.1 Å². The van der Waals surface area contributed by atoms with Gasteiger partial charge in [0.25, 0.3) is 5.56 Å². The molecule has 10 heteroatoms. The van der Waals surface area contributed by atoms with Crippen molar-refractivity contribution in [1.29, 1.82) is 0 Å². The van der Waals surface area contributed by atoms with E-state index in [4.69, 9.17) is 21.1 Å². The lowest BCUT2D eigenvalue weighted by molar-refractivity contribution is 0.386. The Kier molecular flexibility index (Phi) is 5.43. The average molecular weight is 443 g/mol. The van der Waals surface area contributed by atoms with Crippen LogP contribution in [-0.4, -0.2) is 34.6 Å². The van der Waals surface area contributed by atoms with E-state index in [0.29, 0.717) is 27.9 Å². The first-order valence-corrected chi connectivity index (χ1v) is 9.69. The van der Waals surface area contributed by atoms with Crippen LogP contribution in [0.1, 0.15) is 23.6 Å². The van der Waals surface area contributed by atoms with Crippen molar-refractivity contribution in [1.82, 2.24) is 15.0 Å². The van der Waals surface area contributed by atoms with Crippen LogP contribution in [0.5, 0.6) is 17.4 Å². The van der Waals surface area contributed by atoms with Gasteiger partial charge in [0.1, 0.15) is 17.1 Å². The second-order valence-corrected chi connectivity index (χ2v) is 7.26. The maximum Gasteiger partial charge on any atom is 0.335 e. The van der Waals surface area contributed by atoms with Crippen LogP contribution in [0, 0.1) is 0 Å². The molecule has 0 fully saturated rings. The molecule has 0 spiro atoms. The maximum absolute atomic E-state index is 12.5. The van der Waals surface area contributed by atoms with Crippen LogP contribution in [0.4, 0.5) is 0 Å². The van der Waals surface area contributed by atoms with Crippen LogP contribution in [-0.2, 0) is 0 Å². The first-order chi connectivity index (χ1) is 14.9. The predicted octanol–water partition coefficient (Wildman–Crippen LogP) is 2.34. The Bertz CT molecular complexity index is 1300. The number of hydrazone groups is 1. The Balaban J connectivity index is 1.73. The number of halogens is 1. The van der Waals surface area contributed by atoms with E-state index in [0.717, 1.165) is 10.1 Å². The normalized spacial score (nSPS) is 15.3. The van der Waals surface area contributed by atoms with E-state index in [2.05, 4.69) is 15.5 Å². The molecule has 2 heterocycles. The summed E-state index contributed by atoms with van der Waals surface area (Å²) >= 11 is 6.01. The van der Waals surface area contributed by atoms with Crippen molar-refractivity contribution in [3.05, 3.63) is 79.5 Å². The van der Waals surface area contributed by atoms with Crippen molar-refractivity contribution in [3.63, 3.8) is 0 Å². The summed E-state index contributed by atoms with van der Waals surface area (Å²) in [6.07, 6.45) is 0.285. The summed E-state index contributed by atoms with van der Waals surface area (Å²) in [5.41, 5.74) is 2.78. The number of ether oxygens (including phenoxy) is 2. The lowest BCUT2D eigenvalue weighted by Gasteiger charge is -2.16. The van der Waals surface area contributed by atoms with E-state index in [1.54, 1.807) is 44.6 Å². The Morgan fingerprint density at radius 2 is 1.97 bits per heavy atom. The fraction of sp³-hybridized carbons (Fsp3) is 0.190. The van der Waals surface area contributed by atoms with Gasteiger partial charge in [0.2, 0.25) is 5.88 Å². The Hall–Kier alpha value is -3.72. The van der Waals surface area contributed by atoms with Gasteiger partial charge in [-0.2, -0.15) is 5.10 Å². The van der Waals surface area contributed by atoms with Crippen LogP contribution in [0.15, 0.2) is 57.2 Å². The van der Waals surface area contributed by atoms with E-state index >= 15 is 0 Å². The molecule has 0 amide bonds. The maximum atomic E-state index is 12.5. The molecule has 1 aromatic heterocycles. The standard InChI is InChI=1S/C21H19ClN4O5/c1-30-13-6-7-14(17(9-13)31-2)15-10-16(25-24-15)18-19(27)23-21(29)26(20(18)28)12-5-3-4-11(22)8-12/h3-9,15,24,28H,10H2,1-2H3,(H,23,27,29)/t15-/m0/s1. The van der Waals surface area contributed by atoms with Crippen molar-refractivity contribution < 1.29 is 14.6 Å². The van der Waals surface area contributed by atoms with Crippen LogP contribution in [0.3, 0.4) is 0 Å². The van der Waals surface area contributed by atoms with Gasteiger partial charge in [-0.3, -0.25) is 9.78 Å². The molecule has 0 aliphatic carbocycles. The summed E-state index contributed by atoms with van der Waals surface area (Å²) in [6.45, 7) is 0. The van der Waals surface area contributed by atoms with Crippen LogP contribution in [0.25, 0.3) is 5.69 Å². The van der Waals surface area contributed by atoms with Gasteiger partial charge < -0.3 is 20.0 Å². The summed E-state index contributed by atoms with van der Waals surface area (Å²) in [5, 5.41) is 15.5. The fourth-order valence-electron chi connectivity index (χ4n) is 3.52. The van der Waals surface area contributed by atoms with Crippen molar-refractivity contribution in [2.75, 3.05) is 14.2 Å². The lowest BCUT2D eigenvalue weighted by atomic mass is 9.99. The zero-order chi connectivity index (χ0) is 22.1. The molecule has 9 nitrogen and oxygen atoms in total. The highest BCUT2D eigenvalue weighted by Gasteiger charge is 2.29. The predicted molar refractivity (Wildman–Crippen MR) is 116 cm³/mol. The van der Waals surface area contributed by atoms with Crippen LogP contribution < -0.4 is 26.1 Å². The first kappa shape index (κ1) is 20.5. The molecule has 3 aromatic rings. The Morgan fingerprint density at radius 1 is 1.16 bits per heavy atom. The SMILES string of the molecule is COc1ccc([C@@H]2CC(c3c(O)n(-c4cccc(Cl)c4)c(=O)[nH]c3=O)=NN2)c(OC)c1. The highest BCUT2D eigenvalue weighted by Crippen LogP contribution is 2.34. The molecule has 0 saturated heterocycles. The first-order valence-electron chi connectivity index (χ1n) is 9.31. The second-order valence-electron chi connectivity index (χ2n) is 6.83. The minimum absolute atomic E-state index is 0.0953. The van der Waals surface area contributed by atoms with Crippen molar-refractivity contribution in [2.24, 2.45) is 5.10 Å². The molecule has 4 rings (SSSR count). The molecule has 0 radical (unpaired) electrons. The number of aromatic amines is 1. The fourth-order valence-corrected chi connectivity index (χ4v) is 3.71. The number of nitrogens with one attached hydrogen (secondary N) is 2. The number of hydrogen-bond donors (Lipinski definition) is 3. The molecule has 3 N–H and O–H groups in total. The molecule has 31 heavy (non-hydrogen) atoms. The number of H-pyrrole nitrogens is 1. The third-order valence-corrected chi connectivity index (χ3v) is 5.24. The molecule has 160 valence electrons. The third kappa shape index (κ3) is 3.75. The second kappa shape index (κ2) is 8.19. The van der Waals surface area contributed by atoms with Gasteiger partial charge in [-0.05, 0) is 30.3 Å². The van der Waals surface area contributed by atoms with Crippen molar-refractivity contribution in [2.45, 2.75) is 12.5 Å². The third-order valence-electron chi connectivity index (χ3n) is 5.01. The van der Waals surface area contributed by atoms with Gasteiger partial charge >= 0.3 is 5.69 Å². The van der Waals surface area contributed by atoms with Gasteiger partial charge in [0.05, 0.1) is 31.7 Å². The minimum Gasteiger partial charge on any atom is -0.497 e. The quantitative estimate of drug-likeness (QED) is 0.558. The molecular weight excluding hydrogens is 424 g/mol. The average Bonchev–Trinajstić information content (AvgIpc) is 3.22. The van der Waals surface area contributed by atoms with Crippen molar-refractivity contribution in [3.8, 4) is 23.1 Å². The number of nitrogens with zero attached hydrogens (tertiary/aromatic N) is 2. The monoisotopic (exact) mass is 442 g/mol. The number of aromatic hydroxyl groups is 1. The topological polar surface area (TPSA) is 118 Å². The van der Waals surface area contributed by atoms with Gasteiger partial charge in [-0.15, -0.1) is 0 Å². The molecular formula is C21H19ClN4O5. The summed E-state index contributed by atoms with van der Waals surface area (Å²) < 4.78 is 11.6. The zero-order valence-corrected chi connectivity index (χ0v) is 17.4. The number of hydrogen-bond acceptors (Lipinski definition) is 7. The molecule has 1 aliphatic rings. The molecule has 0 bridgehead atoms. The van der Waals surface area contributed by atoms with E-state index in [1.165, 1.54) is 6.07 Å². The summed E-state index contributed by atoms with van der Waals surface area (Å²) in [6, 6.07) is 11.4. The van der Waals surface area contributed by atoms with Gasteiger partial charge in [0, 0.05) is 23.1 Å². The highest BCUT2D eigenvalue weighted by molar-refractivity contribution is 6.30. The summed E-state index contributed by atoms with van der Waals surface area (Å²) in [5.74, 6) is 0.719. The largest absolute Gasteiger partial charge is 0.497 e. The van der Waals surface area contributed by atoms with E-state index in [-0.39, 0.29) is 18.0 Å². The van der Waals surface area contributed by atoms with Crippen LogP contribution >= 0.6 is 11.6 Å². The number of aromatic nitrogens is 2. The van der Waals surface area contributed by atoms with Gasteiger partial charge in [0.15, 0.2) is 0 Å². The number of benzene rings is 2. The summed E-state index contributed by atoms with van der Waals surface area (Å²) in [7, 11) is 3.11. The number of rotatable bonds is 5. The smallest absolute Gasteiger partial charge is 0.335 e. The molecule has 0 unspecified atom stereocenters. The highest BCUT2D eigenvalue weighted by atomic mass is 35.5. The molecule has 2 aromatic carbocycles. The molecule has 1 atom stereocenters. The van der Waals surface area contributed by atoms with E-state index in [9.17, 15) is 14.7 Å². The molecule has 1 aliphatic heterocycles.